The molecule has 0 spiro atoms. The van der Waals surface area contributed by atoms with Gasteiger partial charge < -0.3 is 20.1 Å². The normalized spacial score (nSPS) is 10.2. The van der Waals surface area contributed by atoms with Crippen molar-refractivity contribution in [2.75, 3.05) is 32.2 Å². The number of methoxy groups -OCH3 is 1. The summed E-state index contributed by atoms with van der Waals surface area (Å²) in [6.45, 7) is -0.0834. The molecule has 0 aliphatic rings. The summed E-state index contributed by atoms with van der Waals surface area (Å²) in [5.74, 6) is -1.85. The summed E-state index contributed by atoms with van der Waals surface area (Å²) in [4.78, 5) is 46.3. The Kier molecular flexibility index (Phi) is 9.39. The topological polar surface area (TPSA) is 149 Å². The van der Waals surface area contributed by atoms with Crippen molar-refractivity contribution in [2.45, 2.75) is 6.54 Å². The van der Waals surface area contributed by atoms with E-state index in [0.29, 0.717) is 5.02 Å². The molecule has 0 heterocycles. The molecule has 0 saturated heterocycles. The molecule has 0 radical (unpaired) electrons. The van der Waals surface area contributed by atoms with E-state index in [9.17, 15) is 24.5 Å². The number of non-ortho nitro benzene ring substituents is 1. The van der Waals surface area contributed by atoms with E-state index in [2.05, 4.69) is 10.6 Å². The number of imide groups is 1. The zero-order valence-electron chi connectivity index (χ0n) is 17.1. The Morgan fingerprint density at radius 3 is 2.59 bits per heavy atom. The molecule has 0 aliphatic carbocycles. The van der Waals surface area contributed by atoms with Crippen LogP contribution < -0.4 is 16.0 Å². The van der Waals surface area contributed by atoms with Gasteiger partial charge in [-0.1, -0.05) is 29.8 Å². The van der Waals surface area contributed by atoms with Crippen LogP contribution in [0.5, 0.6) is 0 Å². The minimum atomic E-state index is -0.981. The Bertz CT molecular complexity index is 1000. The summed E-state index contributed by atoms with van der Waals surface area (Å²) in [7, 11) is 1.45. The number of urea groups is 1. The maximum absolute atomic E-state index is 12.5. The molecule has 0 bridgehead atoms. The van der Waals surface area contributed by atoms with Gasteiger partial charge >= 0.3 is 12.0 Å². The predicted octanol–water partition coefficient (Wildman–Crippen LogP) is 2.49. The van der Waals surface area contributed by atoms with Crippen molar-refractivity contribution in [3.63, 3.8) is 0 Å². The number of carbonyl (C=O) groups is 3. The fourth-order valence-electron chi connectivity index (χ4n) is 2.48. The third kappa shape index (κ3) is 7.52. The maximum atomic E-state index is 12.5. The molecule has 2 rings (SSSR count). The van der Waals surface area contributed by atoms with Crippen LogP contribution in [0.25, 0.3) is 0 Å². The zero-order valence-corrected chi connectivity index (χ0v) is 17.8. The van der Waals surface area contributed by atoms with E-state index in [-0.39, 0.29) is 36.6 Å². The van der Waals surface area contributed by atoms with Gasteiger partial charge in [0.05, 0.1) is 17.1 Å². The first-order valence-corrected chi connectivity index (χ1v) is 9.69. The number of nitro benzene ring substituents is 1. The minimum absolute atomic E-state index is 0.149. The van der Waals surface area contributed by atoms with E-state index < -0.39 is 29.4 Å². The van der Waals surface area contributed by atoms with Crippen molar-refractivity contribution in [3.05, 3.63) is 68.7 Å². The van der Waals surface area contributed by atoms with Crippen LogP contribution >= 0.6 is 11.6 Å². The van der Waals surface area contributed by atoms with Gasteiger partial charge in [0.25, 0.3) is 11.6 Å². The first-order chi connectivity index (χ1) is 15.3. The summed E-state index contributed by atoms with van der Waals surface area (Å²) in [6.07, 6.45) is 0. The average molecular weight is 465 g/mol. The third-order valence-electron chi connectivity index (χ3n) is 4.04. The molecule has 170 valence electrons. The first-order valence-electron chi connectivity index (χ1n) is 9.31. The summed E-state index contributed by atoms with van der Waals surface area (Å²) in [5, 5.41) is 18.9. The average Bonchev–Trinajstić information content (AvgIpc) is 2.77. The van der Waals surface area contributed by atoms with Crippen molar-refractivity contribution in [2.24, 2.45) is 0 Å². The number of hydrogen-bond donors (Lipinski definition) is 3. The van der Waals surface area contributed by atoms with Crippen LogP contribution in [0.4, 0.5) is 16.2 Å². The van der Waals surface area contributed by atoms with E-state index in [1.165, 1.54) is 19.2 Å². The molecular weight excluding hydrogens is 444 g/mol. The lowest BCUT2D eigenvalue weighted by molar-refractivity contribution is -0.384. The van der Waals surface area contributed by atoms with Crippen molar-refractivity contribution in [1.29, 1.82) is 0 Å². The second kappa shape index (κ2) is 12.2. The molecule has 2 aromatic rings. The summed E-state index contributed by atoms with van der Waals surface area (Å²) >= 11 is 6.12. The monoisotopic (exact) mass is 464 g/mol. The molecule has 32 heavy (non-hydrogen) atoms. The second-order valence-corrected chi connectivity index (χ2v) is 6.71. The van der Waals surface area contributed by atoms with Gasteiger partial charge in [-0.15, -0.1) is 0 Å². The molecule has 3 amide bonds. The van der Waals surface area contributed by atoms with E-state index in [4.69, 9.17) is 21.1 Å². The summed E-state index contributed by atoms with van der Waals surface area (Å²) in [6, 6.07) is 9.88. The molecule has 0 unspecified atom stereocenters. The molecule has 0 fully saturated rings. The number of anilines is 1. The van der Waals surface area contributed by atoms with E-state index >= 15 is 0 Å². The van der Waals surface area contributed by atoms with Gasteiger partial charge in [0.15, 0.2) is 6.61 Å². The lowest BCUT2D eigenvalue weighted by Crippen LogP contribution is -2.42. The Hall–Kier alpha value is -3.70. The molecule has 2 aromatic carbocycles. The fraction of sp³-hybridized carbons (Fsp3) is 0.250. The smallest absolute Gasteiger partial charge is 0.341 e. The molecule has 0 aromatic heterocycles. The summed E-state index contributed by atoms with van der Waals surface area (Å²) < 4.78 is 9.68. The first kappa shape index (κ1) is 24.6. The Balaban J connectivity index is 2.05. The second-order valence-electron chi connectivity index (χ2n) is 6.30. The molecule has 0 saturated carbocycles. The van der Waals surface area contributed by atoms with Gasteiger partial charge in [-0.2, -0.15) is 0 Å². The van der Waals surface area contributed by atoms with Crippen LogP contribution in [-0.4, -0.2) is 49.7 Å². The number of halogens is 1. The maximum Gasteiger partial charge on any atom is 0.341 e. The van der Waals surface area contributed by atoms with Gasteiger partial charge in [0.2, 0.25) is 0 Å². The fourth-order valence-corrected chi connectivity index (χ4v) is 2.69. The quantitative estimate of drug-likeness (QED) is 0.210. The molecule has 11 nitrogen and oxygen atoms in total. The predicted molar refractivity (Wildman–Crippen MR) is 116 cm³/mol. The molecule has 0 aliphatic heterocycles. The van der Waals surface area contributed by atoms with E-state index in [0.717, 1.165) is 11.6 Å². The van der Waals surface area contributed by atoms with Gasteiger partial charge in [-0.3, -0.25) is 20.2 Å². The Morgan fingerprint density at radius 2 is 1.91 bits per heavy atom. The number of nitrogens with zero attached hydrogens (tertiary/aromatic N) is 1. The van der Waals surface area contributed by atoms with Crippen LogP contribution in [0.1, 0.15) is 15.9 Å². The number of nitrogens with one attached hydrogen (secondary N) is 3. The highest BCUT2D eigenvalue weighted by atomic mass is 35.5. The highest BCUT2D eigenvalue weighted by Gasteiger charge is 2.20. The standard InChI is InChI=1S/C20H21ClN4O7/c1-31-9-8-22-20(28)24-18(26)12-32-19(27)15-10-14(25(29)30)6-7-17(15)23-11-13-4-2-3-5-16(13)21/h2-7,10,23H,8-9,11-12H2,1H3,(H2,22,24,26,28). The highest BCUT2D eigenvalue weighted by Crippen LogP contribution is 2.25. The van der Waals surface area contributed by atoms with Crippen LogP contribution in [0.3, 0.4) is 0 Å². The summed E-state index contributed by atoms with van der Waals surface area (Å²) in [5.41, 5.74) is 0.509. The van der Waals surface area contributed by atoms with E-state index in [1.807, 2.05) is 5.32 Å². The third-order valence-corrected chi connectivity index (χ3v) is 4.41. The molecule has 3 N–H and O–H groups in total. The number of nitro groups is 1. The molecule has 0 atom stereocenters. The Labute approximate surface area is 188 Å². The largest absolute Gasteiger partial charge is 0.452 e. The van der Waals surface area contributed by atoms with Crippen molar-refractivity contribution in [3.8, 4) is 0 Å². The van der Waals surface area contributed by atoms with Crippen LogP contribution in [0, 0.1) is 10.1 Å². The number of ether oxygens (including phenoxy) is 2. The number of amides is 3. The van der Waals surface area contributed by atoms with Gasteiger partial charge in [0, 0.05) is 43.0 Å². The van der Waals surface area contributed by atoms with Crippen molar-refractivity contribution < 1.29 is 28.8 Å². The molecule has 12 heteroatoms. The zero-order chi connectivity index (χ0) is 23.5. The van der Waals surface area contributed by atoms with Gasteiger partial charge in [-0.05, 0) is 17.7 Å². The lowest BCUT2D eigenvalue weighted by atomic mass is 10.1. The number of carbonyl (C=O) groups excluding carboxylic acids is 3. The number of hydrogen-bond acceptors (Lipinski definition) is 8. The number of benzene rings is 2. The molecular formula is C20H21ClN4O7. The van der Waals surface area contributed by atoms with Crippen molar-refractivity contribution >= 4 is 40.9 Å². The minimum Gasteiger partial charge on any atom is -0.452 e. The van der Waals surface area contributed by atoms with Crippen molar-refractivity contribution in [1.82, 2.24) is 10.6 Å². The van der Waals surface area contributed by atoms with Gasteiger partial charge in [-0.25, -0.2) is 9.59 Å². The lowest BCUT2D eigenvalue weighted by Gasteiger charge is -2.13. The van der Waals surface area contributed by atoms with Gasteiger partial charge in [0.1, 0.15) is 0 Å². The van der Waals surface area contributed by atoms with Crippen LogP contribution in [0.15, 0.2) is 42.5 Å². The van der Waals surface area contributed by atoms with Crippen LogP contribution in [-0.2, 0) is 20.8 Å². The number of rotatable bonds is 10. The highest BCUT2D eigenvalue weighted by molar-refractivity contribution is 6.31. The Morgan fingerprint density at radius 1 is 1.16 bits per heavy atom. The van der Waals surface area contributed by atoms with Crippen LogP contribution in [0.2, 0.25) is 5.02 Å². The number of esters is 1. The van der Waals surface area contributed by atoms with E-state index in [1.54, 1.807) is 24.3 Å². The SMILES string of the molecule is COCCNC(=O)NC(=O)COC(=O)c1cc([N+](=O)[O-])ccc1NCc1ccccc1Cl.